The van der Waals surface area contributed by atoms with Gasteiger partial charge in [-0.2, -0.15) is 0 Å². The molecule has 2 aromatic rings. The van der Waals surface area contributed by atoms with E-state index in [9.17, 15) is 9.90 Å². The first-order valence-corrected chi connectivity index (χ1v) is 9.09. The zero-order valence-corrected chi connectivity index (χ0v) is 15.5. The summed E-state index contributed by atoms with van der Waals surface area (Å²) < 4.78 is 11.4. The van der Waals surface area contributed by atoms with Crippen LogP contribution in [-0.4, -0.2) is 28.6 Å². The first kappa shape index (κ1) is 17.8. The van der Waals surface area contributed by atoms with Gasteiger partial charge in [0.1, 0.15) is 24.2 Å². The molecule has 2 aliphatic heterocycles. The maximum Gasteiger partial charge on any atom is 0.237 e. The molecule has 1 amide bonds. The molecule has 0 bridgehead atoms. The van der Waals surface area contributed by atoms with E-state index in [1.165, 1.54) is 0 Å². The molecule has 0 saturated carbocycles. The normalized spacial score (nSPS) is 26.9. The predicted molar refractivity (Wildman–Crippen MR) is 98.6 cm³/mol. The van der Waals surface area contributed by atoms with Crippen LogP contribution in [0.15, 0.2) is 30.5 Å². The first-order chi connectivity index (χ1) is 13.0. The third kappa shape index (κ3) is 3.13. The first-order valence-electron chi connectivity index (χ1n) is 9.09. The molecule has 1 saturated heterocycles. The van der Waals surface area contributed by atoms with Crippen molar-refractivity contribution in [1.29, 1.82) is 0 Å². The summed E-state index contributed by atoms with van der Waals surface area (Å²) in [5, 5.41) is 10.1. The van der Waals surface area contributed by atoms with Crippen LogP contribution in [0.3, 0.4) is 0 Å². The summed E-state index contributed by atoms with van der Waals surface area (Å²) in [6.07, 6.45) is 0.862. The molecule has 7 nitrogen and oxygen atoms in total. The highest BCUT2D eigenvalue weighted by Gasteiger charge is 2.35. The number of pyridine rings is 1. The molecular formula is C20H23N3O4. The van der Waals surface area contributed by atoms with Crippen LogP contribution in [0.1, 0.15) is 42.6 Å². The molecule has 7 heteroatoms. The number of aryl methyl sites for hydroxylation is 1. The van der Waals surface area contributed by atoms with Crippen LogP contribution in [0.5, 0.6) is 17.4 Å². The lowest BCUT2D eigenvalue weighted by molar-refractivity contribution is -0.129. The van der Waals surface area contributed by atoms with Gasteiger partial charge < -0.3 is 14.6 Å². The standard InChI is InChI=1S/C20H23N3O4/c1-10-8-13(27-20-18-15(24)9-26-16(18)6-7-21-20)4-5-14(10)17-11(2)19(25)23-22-12(17)3/h4-8,11-12,15,17,22,24H,9H2,1-3H3,(H,23,25). The van der Waals surface area contributed by atoms with Crippen LogP contribution < -0.4 is 20.3 Å². The van der Waals surface area contributed by atoms with Crippen molar-refractivity contribution in [3.63, 3.8) is 0 Å². The third-order valence-electron chi connectivity index (χ3n) is 5.37. The topological polar surface area (TPSA) is 92.7 Å². The molecule has 2 aliphatic rings. The minimum absolute atomic E-state index is 0.00383. The van der Waals surface area contributed by atoms with Gasteiger partial charge in [0.25, 0.3) is 0 Å². The minimum atomic E-state index is -0.738. The molecule has 0 aliphatic carbocycles. The molecule has 4 atom stereocenters. The number of amides is 1. The van der Waals surface area contributed by atoms with Gasteiger partial charge in [0.05, 0.1) is 5.56 Å². The molecule has 0 spiro atoms. The summed E-state index contributed by atoms with van der Waals surface area (Å²) in [5.74, 6) is 1.52. The smallest absolute Gasteiger partial charge is 0.237 e. The summed E-state index contributed by atoms with van der Waals surface area (Å²) >= 11 is 0. The molecule has 1 aromatic heterocycles. The van der Waals surface area contributed by atoms with Crippen LogP contribution in [-0.2, 0) is 4.79 Å². The molecular weight excluding hydrogens is 346 g/mol. The molecule has 3 heterocycles. The Bertz CT molecular complexity index is 886. The second-order valence-corrected chi connectivity index (χ2v) is 7.21. The van der Waals surface area contributed by atoms with E-state index < -0.39 is 6.10 Å². The number of fused-ring (bicyclic) bond motifs is 1. The summed E-state index contributed by atoms with van der Waals surface area (Å²) in [6.45, 7) is 6.22. The average molecular weight is 369 g/mol. The summed E-state index contributed by atoms with van der Waals surface area (Å²) in [4.78, 5) is 16.3. The Morgan fingerprint density at radius 1 is 1.30 bits per heavy atom. The van der Waals surface area contributed by atoms with Gasteiger partial charge >= 0.3 is 0 Å². The number of carbonyl (C=O) groups is 1. The second-order valence-electron chi connectivity index (χ2n) is 7.21. The van der Waals surface area contributed by atoms with Gasteiger partial charge in [-0.15, -0.1) is 0 Å². The number of carbonyl (C=O) groups excluding carboxylic acids is 1. The molecule has 3 N–H and O–H groups in total. The number of aromatic nitrogens is 1. The van der Waals surface area contributed by atoms with E-state index in [-0.39, 0.29) is 30.4 Å². The maximum absolute atomic E-state index is 12.0. The Morgan fingerprint density at radius 3 is 2.89 bits per heavy atom. The highest BCUT2D eigenvalue weighted by atomic mass is 16.5. The zero-order chi connectivity index (χ0) is 19.1. The maximum atomic E-state index is 12.0. The van der Waals surface area contributed by atoms with Crippen molar-refractivity contribution >= 4 is 5.91 Å². The van der Waals surface area contributed by atoms with Crippen LogP contribution >= 0.6 is 0 Å². The number of nitrogens with one attached hydrogen (secondary N) is 2. The number of hydrogen-bond donors (Lipinski definition) is 3. The van der Waals surface area contributed by atoms with E-state index >= 15 is 0 Å². The third-order valence-corrected chi connectivity index (χ3v) is 5.37. The van der Waals surface area contributed by atoms with Gasteiger partial charge in [-0.1, -0.05) is 13.0 Å². The van der Waals surface area contributed by atoms with E-state index in [1.807, 2.05) is 32.0 Å². The summed E-state index contributed by atoms with van der Waals surface area (Å²) in [5.41, 5.74) is 8.49. The van der Waals surface area contributed by atoms with Crippen molar-refractivity contribution < 1.29 is 19.4 Å². The Labute approximate surface area is 157 Å². The zero-order valence-electron chi connectivity index (χ0n) is 15.5. The average Bonchev–Trinajstić information content (AvgIpc) is 3.02. The predicted octanol–water partition coefficient (Wildman–Crippen LogP) is 2.35. The lowest BCUT2D eigenvalue weighted by Crippen LogP contribution is -2.55. The van der Waals surface area contributed by atoms with Crippen molar-refractivity contribution in [2.24, 2.45) is 5.92 Å². The van der Waals surface area contributed by atoms with E-state index in [0.29, 0.717) is 22.9 Å². The van der Waals surface area contributed by atoms with Gasteiger partial charge in [-0.25, -0.2) is 10.4 Å². The number of hydrazine groups is 1. The van der Waals surface area contributed by atoms with E-state index in [4.69, 9.17) is 9.47 Å². The second kappa shape index (κ2) is 6.83. The van der Waals surface area contributed by atoms with E-state index in [1.54, 1.807) is 12.3 Å². The quantitative estimate of drug-likeness (QED) is 0.769. The van der Waals surface area contributed by atoms with Gasteiger partial charge in [0.15, 0.2) is 0 Å². The lowest BCUT2D eigenvalue weighted by Gasteiger charge is -2.36. The monoisotopic (exact) mass is 369 g/mol. The Morgan fingerprint density at radius 2 is 2.11 bits per heavy atom. The highest BCUT2D eigenvalue weighted by Crippen LogP contribution is 2.40. The largest absolute Gasteiger partial charge is 0.490 e. The van der Waals surface area contributed by atoms with Gasteiger partial charge in [-0.3, -0.25) is 10.2 Å². The van der Waals surface area contributed by atoms with Crippen molar-refractivity contribution in [1.82, 2.24) is 15.8 Å². The molecule has 4 unspecified atom stereocenters. The van der Waals surface area contributed by atoms with Crippen LogP contribution in [0, 0.1) is 12.8 Å². The van der Waals surface area contributed by atoms with Gasteiger partial charge in [0, 0.05) is 24.1 Å². The SMILES string of the molecule is Cc1cc(Oc2nccc3c2C(O)CO3)ccc1C1C(C)NNC(=O)C1C. The highest BCUT2D eigenvalue weighted by molar-refractivity contribution is 5.80. The Balaban J connectivity index is 1.62. The van der Waals surface area contributed by atoms with Gasteiger partial charge in [0.2, 0.25) is 11.8 Å². The minimum Gasteiger partial charge on any atom is -0.490 e. The van der Waals surface area contributed by atoms with Gasteiger partial charge in [-0.05, 0) is 43.2 Å². The number of aliphatic hydroxyl groups is 1. The van der Waals surface area contributed by atoms with Crippen molar-refractivity contribution in [2.45, 2.75) is 38.8 Å². The molecule has 1 fully saturated rings. The summed E-state index contributed by atoms with van der Waals surface area (Å²) in [6, 6.07) is 7.65. The molecule has 4 rings (SSSR count). The number of rotatable bonds is 3. The van der Waals surface area contributed by atoms with Crippen LogP contribution in [0.25, 0.3) is 0 Å². The van der Waals surface area contributed by atoms with Crippen molar-refractivity contribution in [3.8, 4) is 17.4 Å². The number of ether oxygens (including phenoxy) is 2. The molecule has 0 radical (unpaired) electrons. The number of hydrogen-bond acceptors (Lipinski definition) is 6. The van der Waals surface area contributed by atoms with E-state index in [2.05, 4.69) is 22.8 Å². The Kier molecular flexibility index (Phi) is 4.49. The van der Waals surface area contributed by atoms with Crippen molar-refractivity contribution in [2.75, 3.05) is 6.61 Å². The number of nitrogens with zero attached hydrogens (tertiary/aromatic N) is 1. The molecule has 1 aromatic carbocycles. The van der Waals surface area contributed by atoms with Crippen LogP contribution in [0.4, 0.5) is 0 Å². The Hall–Kier alpha value is -2.64. The van der Waals surface area contributed by atoms with Crippen molar-refractivity contribution in [3.05, 3.63) is 47.2 Å². The fourth-order valence-electron chi connectivity index (χ4n) is 3.92. The lowest BCUT2D eigenvalue weighted by atomic mass is 9.79. The van der Waals surface area contributed by atoms with Crippen LogP contribution in [0.2, 0.25) is 0 Å². The number of benzene rings is 1. The van der Waals surface area contributed by atoms with E-state index in [0.717, 1.165) is 11.1 Å². The molecule has 142 valence electrons. The fraction of sp³-hybridized carbons (Fsp3) is 0.400. The molecule has 27 heavy (non-hydrogen) atoms. The number of aliphatic hydroxyl groups excluding tert-OH is 1. The fourth-order valence-corrected chi connectivity index (χ4v) is 3.92. The summed E-state index contributed by atoms with van der Waals surface area (Å²) in [7, 11) is 0.